The molecule has 3 rings (SSSR count). The van der Waals surface area contributed by atoms with Gasteiger partial charge in [0.1, 0.15) is 5.75 Å². The maximum Gasteiger partial charge on any atom is 0.115 e. The van der Waals surface area contributed by atoms with Crippen molar-refractivity contribution in [3.05, 3.63) is 77.9 Å². The van der Waals surface area contributed by atoms with Gasteiger partial charge in [-0.2, -0.15) is 20.5 Å². The molecule has 0 aliphatic rings. The Hall–Kier alpha value is -3.34. The van der Waals surface area contributed by atoms with Crippen LogP contribution >= 0.6 is 0 Å². The second-order valence-electron chi connectivity index (χ2n) is 5.67. The van der Waals surface area contributed by atoms with Crippen LogP contribution in [0.3, 0.4) is 0 Å². The molecule has 25 heavy (non-hydrogen) atoms. The summed E-state index contributed by atoms with van der Waals surface area (Å²) in [6.07, 6.45) is 0. The highest BCUT2D eigenvalue weighted by Gasteiger charge is 2.00. The average molecular weight is 330 g/mol. The smallest absolute Gasteiger partial charge is 0.115 e. The van der Waals surface area contributed by atoms with Gasteiger partial charge in [0.2, 0.25) is 0 Å². The van der Waals surface area contributed by atoms with Crippen LogP contribution < -0.4 is 0 Å². The van der Waals surface area contributed by atoms with Crippen LogP contribution in [0.4, 0.5) is 22.7 Å². The normalized spacial score (nSPS) is 11.4. The molecule has 0 atom stereocenters. The monoisotopic (exact) mass is 330 g/mol. The lowest BCUT2D eigenvalue weighted by molar-refractivity contribution is 0.475. The van der Waals surface area contributed by atoms with E-state index in [1.54, 1.807) is 24.3 Å². The Balaban J connectivity index is 1.76. The van der Waals surface area contributed by atoms with Crippen molar-refractivity contribution in [1.82, 2.24) is 0 Å². The van der Waals surface area contributed by atoms with Crippen LogP contribution in [0, 0.1) is 13.8 Å². The summed E-state index contributed by atoms with van der Waals surface area (Å²) in [4.78, 5) is 0. The van der Waals surface area contributed by atoms with Crippen molar-refractivity contribution in [3.63, 3.8) is 0 Å². The molecule has 0 saturated carbocycles. The Morgan fingerprint density at radius 3 is 1.88 bits per heavy atom. The topological polar surface area (TPSA) is 69.7 Å². The van der Waals surface area contributed by atoms with Gasteiger partial charge >= 0.3 is 0 Å². The molecule has 0 radical (unpaired) electrons. The predicted octanol–water partition coefficient (Wildman–Crippen LogP) is 6.84. The number of nitrogens with zero attached hydrogens (tertiary/aromatic N) is 4. The summed E-state index contributed by atoms with van der Waals surface area (Å²) in [5, 5.41) is 26.3. The Morgan fingerprint density at radius 2 is 1.20 bits per heavy atom. The van der Waals surface area contributed by atoms with Gasteiger partial charge in [0.15, 0.2) is 0 Å². The minimum absolute atomic E-state index is 0.207. The highest BCUT2D eigenvalue weighted by atomic mass is 16.3. The van der Waals surface area contributed by atoms with E-state index in [1.807, 2.05) is 56.3 Å². The van der Waals surface area contributed by atoms with Gasteiger partial charge in [0.25, 0.3) is 0 Å². The summed E-state index contributed by atoms with van der Waals surface area (Å²) in [6, 6.07) is 20.1. The van der Waals surface area contributed by atoms with Crippen LogP contribution in [-0.2, 0) is 0 Å². The number of phenolic OH excluding ortho intramolecular Hbond substituents is 1. The van der Waals surface area contributed by atoms with Gasteiger partial charge in [0, 0.05) is 0 Å². The summed E-state index contributed by atoms with van der Waals surface area (Å²) in [5.41, 5.74) is 5.12. The predicted molar refractivity (Wildman–Crippen MR) is 98.8 cm³/mol. The number of azo groups is 2. The molecule has 5 heteroatoms. The van der Waals surface area contributed by atoms with Crippen LogP contribution in [-0.4, -0.2) is 5.11 Å². The first-order valence-corrected chi connectivity index (χ1v) is 7.90. The molecule has 0 bridgehead atoms. The first-order valence-electron chi connectivity index (χ1n) is 7.90. The molecular formula is C20H18N4O. The third-order valence-corrected chi connectivity index (χ3v) is 3.69. The number of phenols is 1. The Morgan fingerprint density at radius 1 is 0.600 bits per heavy atom. The van der Waals surface area contributed by atoms with Crippen molar-refractivity contribution in [2.24, 2.45) is 20.5 Å². The van der Waals surface area contributed by atoms with Crippen LogP contribution in [0.1, 0.15) is 11.1 Å². The molecule has 0 aliphatic heterocycles. The third kappa shape index (κ3) is 4.35. The van der Waals surface area contributed by atoms with Crippen molar-refractivity contribution < 1.29 is 5.11 Å². The Labute approximate surface area is 146 Å². The van der Waals surface area contributed by atoms with Gasteiger partial charge in [-0.3, -0.25) is 0 Å². The number of benzene rings is 3. The number of hydrogen-bond donors (Lipinski definition) is 1. The van der Waals surface area contributed by atoms with E-state index < -0.39 is 0 Å². The highest BCUT2D eigenvalue weighted by Crippen LogP contribution is 2.28. The minimum Gasteiger partial charge on any atom is -0.508 e. The summed E-state index contributed by atoms with van der Waals surface area (Å²) < 4.78 is 0. The number of aryl methyl sites for hydroxylation is 2. The second-order valence-corrected chi connectivity index (χ2v) is 5.67. The molecule has 0 unspecified atom stereocenters. The highest BCUT2D eigenvalue weighted by molar-refractivity contribution is 5.54. The Kier molecular flexibility index (Phi) is 4.95. The molecule has 0 saturated heterocycles. The fourth-order valence-corrected chi connectivity index (χ4v) is 2.23. The van der Waals surface area contributed by atoms with Crippen molar-refractivity contribution in [3.8, 4) is 5.75 Å². The quantitative estimate of drug-likeness (QED) is 0.523. The van der Waals surface area contributed by atoms with Gasteiger partial charge in [-0.25, -0.2) is 0 Å². The lowest BCUT2D eigenvalue weighted by atomic mass is 10.2. The summed E-state index contributed by atoms with van der Waals surface area (Å²) in [6.45, 7) is 3.96. The number of hydrogen-bond acceptors (Lipinski definition) is 5. The molecule has 1 N–H and O–H groups in total. The molecule has 5 nitrogen and oxygen atoms in total. The average Bonchev–Trinajstić information content (AvgIpc) is 2.62. The van der Waals surface area contributed by atoms with E-state index in [9.17, 15) is 5.11 Å². The summed E-state index contributed by atoms with van der Waals surface area (Å²) in [5.74, 6) is 0.207. The van der Waals surface area contributed by atoms with E-state index in [4.69, 9.17) is 0 Å². The van der Waals surface area contributed by atoms with Crippen molar-refractivity contribution in [1.29, 1.82) is 0 Å². The maximum atomic E-state index is 9.27. The van der Waals surface area contributed by atoms with Crippen LogP contribution in [0.2, 0.25) is 0 Å². The van der Waals surface area contributed by atoms with Crippen LogP contribution in [0.15, 0.2) is 87.2 Å². The van der Waals surface area contributed by atoms with Gasteiger partial charge in [-0.15, -0.1) is 0 Å². The van der Waals surface area contributed by atoms with E-state index in [0.717, 1.165) is 28.2 Å². The van der Waals surface area contributed by atoms with E-state index >= 15 is 0 Å². The maximum absolute atomic E-state index is 9.27. The van der Waals surface area contributed by atoms with Crippen molar-refractivity contribution >= 4 is 22.7 Å². The van der Waals surface area contributed by atoms with Gasteiger partial charge in [-0.05, 0) is 73.5 Å². The fraction of sp³-hybridized carbons (Fsp3) is 0.100. The first kappa shape index (κ1) is 16.5. The molecule has 0 spiro atoms. The zero-order valence-corrected chi connectivity index (χ0v) is 14.1. The number of aromatic hydroxyl groups is 1. The zero-order chi connectivity index (χ0) is 17.6. The molecule has 0 aromatic heterocycles. The van der Waals surface area contributed by atoms with E-state index in [0.29, 0.717) is 5.69 Å². The van der Waals surface area contributed by atoms with Gasteiger partial charge < -0.3 is 5.11 Å². The standard InChI is InChI=1S/C20H18N4O/c1-14-5-3-4-6-19(14)23-22-17-9-12-20(15(2)13-17)24-21-16-7-10-18(25)11-8-16/h3-13,25H,1-2H3. The summed E-state index contributed by atoms with van der Waals surface area (Å²) >= 11 is 0. The SMILES string of the molecule is Cc1ccccc1N=Nc1ccc(N=Nc2ccc(O)cc2)c(C)c1. The molecule has 0 aliphatic carbocycles. The molecule has 0 amide bonds. The molecular weight excluding hydrogens is 312 g/mol. The van der Waals surface area contributed by atoms with Crippen LogP contribution in [0.5, 0.6) is 5.75 Å². The molecule has 0 heterocycles. The van der Waals surface area contributed by atoms with Gasteiger partial charge in [0.05, 0.1) is 22.7 Å². The van der Waals surface area contributed by atoms with Crippen molar-refractivity contribution in [2.75, 3.05) is 0 Å². The second kappa shape index (κ2) is 7.49. The third-order valence-electron chi connectivity index (χ3n) is 3.69. The lowest BCUT2D eigenvalue weighted by Crippen LogP contribution is -1.74. The molecule has 3 aromatic rings. The Bertz CT molecular complexity index is 931. The summed E-state index contributed by atoms with van der Waals surface area (Å²) in [7, 11) is 0. The zero-order valence-electron chi connectivity index (χ0n) is 14.1. The molecule has 124 valence electrons. The lowest BCUT2D eigenvalue weighted by Gasteiger charge is -2.01. The molecule has 0 fully saturated rings. The van der Waals surface area contributed by atoms with E-state index in [-0.39, 0.29) is 5.75 Å². The fourth-order valence-electron chi connectivity index (χ4n) is 2.23. The van der Waals surface area contributed by atoms with Crippen LogP contribution in [0.25, 0.3) is 0 Å². The number of rotatable bonds is 4. The van der Waals surface area contributed by atoms with E-state index in [1.165, 1.54) is 0 Å². The molecule has 3 aromatic carbocycles. The minimum atomic E-state index is 0.207. The van der Waals surface area contributed by atoms with Crippen molar-refractivity contribution in [2.45, 2.75) is 13.8 Å². The van der Waals surface area contributed by atoms with Gasteiger partial charge in [-0.1, -0.05) is 18.2 Å². The first-order chi connectivity index (χ1) is 12.1. The largest absolute Gasteiger partial charge is 0.508 e. The van der Waals surface area contributed by atoms with E-state index in [2.05, 4.69) is 20.5 Å².